The number of para-hydroxylation sites is 1. The molecular weight excluding hydrogens is 290 g/mol. The van der Waals surface area contributed by atoms with Crippen molar-refractivity contribution in [1.82, 2.24) is 4.98 Å². The maximum absolute atomic E-state index is 12.6. The van der Waals surface area contributed by atoms with Gasteiger partial charge in [-0.1, -0.05) is 41.6 Å². The van der Waals surface area contributed by atoms with Crippen LogP contribution in [-0.2, 0) is 0 Å². The number of ketones is 1. The molecule has 1 aliphatic rings. The van der Waals surface area contributed by atoms with E-state index in [1.54, 1.807) is 11.8 Å². The summed E-state index contributed by atoms with van der Waals surface area (Å²) in [6.07, 6.45) is 3.98. The standard InChI is InChI=1S/C19H15NOS/c1-11-6-7-16-15(8-11)19(21)17(22-16)9-13-10-20-18-12(2)4-3-5-14(13)18/h3-10,20H,1-2H3. The van der Waals surface area contributed by atoms with Crippen molar-refractivity contribution in [2.45, 2.75) is 18.7 Å². The zero-order valence-corrected chi connectivity index (χ0v) is 13.3. The van der Waals surface area contributed by atoms with Crippen LogP contribution in [0.4, 0.5) is 0 Å². The maximum Gasteiger partial charge on any atom is 0.200 e. The number of carbonyl (C=O) groups is 1. The van der Waals surface area contributed by atoms with E-state index in [0.29, 0.717) is 0 Å². The summed E-state index contributed by atoms with van der Waals surface area (Å²) in [5.74, 6) is 0.130. The molecule has 22 heavy (non-hydrogen) atoms. The van der Waals surface area contributed by atoms with Crippen LogP contribution in [-0.4, -0.2) is 10.8 Å². The molecular formula is C19H15NOS. The van der Waals surface area contributed by atoms with Crippen LogP contribution < -0.4 is 0 Å². The zero-order chi connectivity index (χ0) is 15.3. The number of aryl methyl sites for hydroxylation is 2. The summed E-state index contributed by atoms with van der Waals surface area (Å²) in [6, 6.07) is 12.3. The molecule has 0 spiro atoms. The fourth-order valence-corrected chi connectivity index (χ4v) is 3.91. The minimum absolute atomic E-state index is 0.130. The average molecular weight is 305 g/mol. The van der Waals surface area contributed by atoms with E-state index in [1.807, 2.05) is 31.3 Å². The Hall–Kier alpha value is -2.26. The van der Waals surface area contributed by atoms with Crippen LogP contribution in [0.5, 0.6) is 0 Å². The van der Waals surface area contributed by atoms with Gasteiger partial charge in [0.05, 0.1) is 4.91 Å². The highest BCUT2D eigenvalue weighted by Gasteiger charge is 2.26. The number of allylic oxidation sites excluding steroid dienone is 1. The maximum atomic E-state index is 12.6. The van der Waals surface area contributed by atoms with Crippen molar-refractivity contribution in [2.24, 2.45) is 0 Å². The minimum atomic E-state index is 0.130. The third-order valence-electron chi connectivity index (χ3n) is 4.07. The van der Waals surface area contributed by atoms with Gasteiger partial charge < -0.3 is 4.98 Å². The first kappa shape index (κ1) is 13.4. The molecule has 3 heteroatoms. The predicted octanol–water partition coefficient (Wildman–Crippen LogP) is 5.11. The van der Waals surface area contributed by atoms with Crippen molar-refractivity contribution in [2.75, 3.05) is 0 Å². The number of fused-ring (bicyclic) bond motifs is 2. The fourth-order valence-electron chi connectivity index (χ4n) is 2.89. The molecule has 1 aliphatic heterocycles. The summed E-state index contributed by atoms with van der Waals surface area (Å²) < 4.78 is 0. The Bertz CT molecular complexity index is 949. The Balaban J connectivity index is 1.81. The van der Waals surface area contributed by atoms with Crippen molar-refractivity contribution in [3.05, 3.63) is 69.8 Å². The quantitative estimate of drug-likeness (QED) is 0.633. The fraction of sp³-hybridized carbons (Fsp3) is 0.105. The van der Waals surface area contributed by atoms with Crippen molar-refractivity contribution in [3.63, 3.8) is 0 Å². The van der Waals surface area contributed by atoms with Gasteiger partial charge in [-0.15, -0.1) is 0 Å². The molecule has 0 saturated carbocycles. The van der Waals surface area contributed by atoms with Crippen LogP contribution in [0.15, 0.2) is 52.4 Å². The highest BCUT2D eigenvalue weighted by atomic mass is 32.2. The number of thioether (sulfide) groups is 1. The molecule has 0 atom stereocenters. The van der Waals surface area contributed by atoms with Crippen molar-refractivity contribution in [3.8, 4) is 0 Å². The Kier molecular flexibility index (Phi) is 2.98. The summed E-state index contributed by atoms with van der Waals surface area (Å²) >= 11 is 1.56. The summed E-state index contributed by atoms with van der Waals surface area (Å²) in [5, 5.41) is 1.16. The lowest BCUT2D eigenvalue weighted by Gasteiger charge is -1.97. The molecule has 3 aromatic rings. The number of aromatic nitrogens is 1. The van der Waals surface area contributed by atoms with E-state index in [-0.39, 0.29) is 5.78 Å². The second-order valence-corrected chi connectivity index (χ2v) is 6.76. The van der Waals surface area contributed by atoms with Crippen LogP contribution in [0.2, 0.25) is 0 Å². The van der Waals surface area contributed by atoms with Gasteiger partial charge in [-0.05, 0) is 37.6 Å². The molecule has 2 aromatic carbocycles. The first-order valence-electron chi connectivity index (χ1n) is 7.25. The number of aromatic amines is 1. The molecule has 0 unspecified atom stereocenters. The average Bonchev–Trinajstić information content (AvgIpc) is 3.04. The summed E-state index contributed by atoms with van der Waals surface area (Å²) in [7, 11) is 0. The SMILES string of the molecule is Cc1ccc2c(c1)C(=O)C(=Cc1c[nH]c3c(C)cccc13)S2. The van der Waals surface area contributed by atoms with E-state index < -0.39 is 0 Å². The Morgan fingerprint density at radius 3 is 2.86 bits per heavy atom. The van der Waals surface area contributed by atoms with Gasteiger partial charge in [-0.2, -0.15) is 0 Å². The lowest BCUT2D eigenvalue weighted by atomic mass is 10.1. The number of nitrogens with one attached hydrogen (secondary N) is 1. The number of benzene rings is 2. The van der Waals surface area contributed by atoms with Crippen LogP contribution in [0, 0.1) is 13.8 Å². The smallest absolute Gasteiger partial charge is 0.200 e. The van der Waals surface area contributed by atoms with Gasteiger partial charge in [0.2, 0.25) is 5.78 Å². The molecule has 0 radical (unpaired) electrons. The molecule has 0 saturated heterocycles. The molecule has 2 heterocycles. The number of hydrogen-bond donors (Lipinski definition) is 1. The van der Waals surface area contributed by atoms with Crippen LogP contribution in [0.1, 0.15) is 27.0 Å². The molecule has 0 aliphatic carbocycles. The second-order valence-electron chi connectivity index (χ2n) is 5.68. The van der Waals surface area contributed by atoms with Crippen LogP contribution in [0.3, 0.4) is 0 Å². The highest BCUT2D eigenvalue weighted by Crippen LogP contribution is 2.41. The normalized spacial score (nSPS) is 15.7. The summed E-state index contributed by atoms with van der Waals surface area (Å²) in [6.45, 7) is 4.10. The molecule has 1 N–H and O–H groups in total. The largest absolute Gasteiger partial charge is 0.360 e. The van der Waals surface area contributed by atoms with Crippen molar-refractivity contribution >= 4 is 34.5 Å². The molecule has 4 rings (SSSR count). The second kappa shape index (κ2) is 4.89. The number of H-pyrrole nitrogens is 1. The number of rotatable bonds is 1. The molecule has 0 amide bonds. The van der Waals surface area contributed by atoms with Gasteiger partial charge >= 0.3 is 0 Å². The third kappa shape index (κ3) is 2.01. The monoisotopic (exact) mass is 305 g/mol. The van der Waals surface area contributed by atoms with E-state index in [4.69, 9.17) is 0 Å². The number of carbonyl (C=O) groups excluding carboxylic acids is 1. The zero-order valence-electron chi connectivity index (χ0n) is 12.4. The first-order valence-corrected chi connectivity index (χ1v) is 8.07. The summed E-state index contributed by atoms with van der Waals surface area (Å²) in [5.41, 5.74) is 5.37. The van der Waals surface area contributed by atoms with E-state index >= 15 is 0 Å². The van der Waals surface area contributed by atoms with Crippen molar-refractivity contribution < 1.29 is 4.79 Å². The van der Waals surface area contributed by atoms with Gasteiger partial charge in [-0.3, -0.25) is 4.79 Å². The highest BCUT2D eigenvalue weighted by molar-refractivity contribution is 8.04. The molecule has 2 nitrogen and oxygen atoms in total. The molecule has 1 aromatic heterocycles. The van der Waals surface area contributed by atoms with Crippen LogP contribution in [0.25, 0.3) is 17.0 Å². The van der Waals surface area contributed by atoms with E-state index in [2.05, 4.69) is 36.2 Å². The lowest BCUT2D eigenvalue weighted by molar-refractivity contribution is 0.104. The van der Waals surface area contributed by atoms with Crippen molar-refractivity contribution in [1.29, 1.82) is 0 Å². The Morgan fingerprint density at radius 2 is 2.00 bits per heavy atom. The Labute approximate surface area is 133 Å². The minimum Gasteiger partial charge on any atom is -0.360 e. The lowest BCUT2D eigenvalue weighted by Crippen LogP contribution is -1.94. The number of hydrogen-bond acceptors (Lipinski definition) is 2. The Morgan fingerprint density at radius 1 is 1.14 bits per heavy atom. The first-order chi connectivity index (χ1) is 10.6. The predicted molar refractivity (Wildman–Crippen MR) is 92.4 cm³/mol. The third-order valence-corrected chi connectivity index (χ3v) is 5.16. The van der Waals surface area contributed by atoms with E-state index in [0.717, 1.165) is 37.4 Å². The van der Waals surface area contributed by atoms with Gasteiger partial charge in [0.15, 0.2) is 0 Å². The van der Waals surface area contributed by atoms with Gasteiger partial charge in [-0.25, -0.2) is 0 Å². The van der Waals surface area contributed by atoms with Gasteiger partial charge in [0.1, 0.15) is 0 Å². The van der Waals surface area contributed by atoms with E-state index in [9.17, 15) is 4.79 Å². The van der Waals surface area contributed by atoms with Crippen LogP contribution >= 0.6 is 11.8 Å². The topological polar surface area (TPSA) is 32.9 Å². The molecule has 0 bridgehead atoms. The molecule has 108 valence electrons. The van der Waals surface area contributed by atoms with Gasteiger partial charge in [0.25, 0.3) is 0 Å². The molecule has 0 fully saturated rings. The number of Topliss-reactive ketones (excluding diaryl/α,β-unsaturated/α-hetero) is 1. The van der Waals surface area contributed by atoms with Gasteiger partial charge in [0, 0.05) is 33.1 Å². The summed E-state index contributed by atoms with van der Waals surface area (Å²) in [4.78, 5) is 17.7. The van der Waals surface area contributed by atoms with E-state index in [1.165, 1.54) is 5.56 Å².